The standard InChI is InChI=1S/C11H8BrF2NO3S2/c12-11-9(4-6(5-16)19-11)20(17,18)15-8-3-1-2-7(13)10(8)14/h1-4,15-16H,5H2. The Hall–Kier alpha value is -1.03. The molecule has 0 atom stereocenters. The summed E-state index contributed by atoms with van der Waals surface area (Å²) in [7, 11) is -4.08. The van der Waals surface area contributed by atoms with E-state index in [9.17, 15) is 17.2 Å². The first-order valence-corrected chi connectivity index (χ1v) is 8.30. The summed E-state index contributed by atoms with van der Waals surface area (Å²) in [6, 6.07) is 4.45. The van der Waals surface area contributed by atoms with E-state index in [0.717, 1.165) is 23.5 Å². The Labute approximate surface area is 126 Å². The minimum atomic E-state index is -4.08. The van der Waals surface area contributed by atoms with Crippen molar-refractivity contribution in [1.29, 1.82) is 0 Å². The van der Waals surface area contributed by atoms with Gasteiger partial charge < -0.3 is 5.11 Å². The van der Waals surface area contributed by atoms with Crippen molar-refractivity contribution >= 4 is 43.0 Å². The predicted octanol–water partition coefficient (Wildman–Crippen LogP) is 3.08. The maximum atomic E-state index is 13.5. The lowest BCUT2D eigenvalue weighted by Crippen LogP contribution is -2.14. The van der Waals surface area contributed by atoms with Gasteiger partial charge in [-0.15, -0.1) is 11.3 Å². The molecule has 2 rings (SSSR count). The van der Waals surface area contributed by atoms with Gasteiger partial charge in [0.1, 0.15) is 4.90 Å². The van der Waals surface area contributed by atoms with Gasteiger partial charge in [-0.2, -0.15) is 0 Å². The minimum Gasteiger partial charge on any atom is -0.391 e. The fraction of sp³-hybridized carbons (Fsp3) is 0.0909. The highest BCUT2D eigenvalue weighted by Gasteiger charge is 2.22. The summed E-state index contributed by atoms with van der Waals surface area (Å²) in [5.41, 5.74) is -0.478. The first kappa shape index (κ1) is 15.4. The molecule has 108 valence electrons. The van der Waals surface area contributed by atoms with Crippen LogP contribution in [0.5, 0.6) is 0 Å². The number of benzene rings is 1. The second-order valence-corrected chi connectivity index (χ2v) is 7.82. The van der Waals surface area contributed by atoms with Crippen LogP contribution in [0.4, 0.5) is 14.5 Å². The van der Waals surface area contributed by atoms with E-state index >= 15 is 0 Å². The van der Waals surface area contributed by atoms with Crippen LogP contribution in [0.1, 0.15) is 4.88 Å². The first-order valence-electron chi connectivity index (χ1n) is 5.21. The Morgan fingerprint density at radius 3 is 2.65 bits per heavy atom. The molecular formula is C11H8BrF2NO3S2. The predicted molar refractivity (Wildman–Crippen MR) is 75.1 cm³/mol. The zero-order chi connectivity index (χ0) is 14.9. The smallest absolute Gasteiger partial charge is 0.263 e. The number of aliphatic hydroxyl groups is 1. The molecule has 0 aliphatic carbocycles. The van der Waals surface area contributed by atoms with Crippen LogP contribution in [0.25, 0.3) is 0 Å². The van der Waals surface area contributed by atoms with Crippen LogP contribution < -0.4 is 4.72 Å². The number of hydrogen-bond acceptors (Lipinski definition) is 4. The molecule has 0 spiro atoms. The number of anilines is 1. The van der Waals surface area contributed by atoms with Crippen molar-refractivity contribution in [2.24, 2.45) is 0 Å². The average molecular weight is 384 g/mol. The van der Waals surface area contributed by atoms with Crippen molar-refractivity contribution in [2.75, 3.05) is 4.72 Å². The van der Waals surface area contributed by atoms with E-state index < -0.39 is 27.3 Å². The van der Waals surface area contributed by atoms with Crippen molar-refractivity contribution in [3.8, 4) is 0 Å². The van der Waals surface area contributed by atoms with Crippen LogP contribution >= 0.6 is 27.3 Å². The molecule has 9 heteroatoms. The van der Waals surface area contributed by atoms with Crippen molar-refractivity contribution < 1.29 is 22.3 Å². The van der Waals surface area contributed by atoms with Gasteiger partial charge in [0, 0.05) is 4.88 Å². The molecule has 1 aromatic heterocycles. The lowest BCUT2D eigenvalue weighted by molar-refractivity contribution is 0.285. The molecule has 0 saturated carbocycles. The second-order valence-electron chi connectivity index (χ2n) is 3.72. The number of hydrogen-bond donors (Lipinski definition) is 2. The fourth-order valence-corrected chi connectivity index (χ4v) is 5.04. The molecule has 0 amide bonds. The zero-order valence-electron chi connectivity index (χ0n) is 9.73. The van der Waals surface area contributed by atoms with Crippen LogP contribution in [-0.2, 0) is 16.6 Å². The Morgan fingerprint density at radius 2 is 2.05 bits per heavy atom. The molecule has 0 saturated heterocycles. The highest BCUT2D eigenvalue weighted by atomic mass is 79.9. The zero-order valence-corrected chi connectivity index (χ0v) is 12.9. The Balaban J connectivity index is 2.40. The van der Waals surface area contributed by atoms with Gasteiger partial charge in [-0.1, -0.05) is 6.07 Å². The summed E-state index contributed by atoms with van der Waals surface area (Å²) >= 11 is 4.10. The maximum Gasteiger partial charge on any atom is 0.263 e. The molecule has 0 aliphatic rings. The summed E-state index contributed by atoms with van der Waals surface area (Å²) in [6.07, 6.45) is 0. The molecule has 2 aromatic rings. The van der Waals surface area contributed by atoms with Gasteiger partial charge in [0.15, 0.2) is 11.6 Å². The molecule has 0 radical (unpaired) electrons. The number of nitrogens with one attached hydrogen (secondary N) is 1. The van der Waals surface area contributed by atoms with Crippen LogP contribution in [0.3, 0.4) is 0 Å². The van der Waals surface area contributed by atoms with Crippen molar-refractivity contribution in [3.05, 3.63) is 44.6 Å². The van der Waals surface area contributed by atoms with E-state index in [1.807, 2.05) is 4.72 Å². The molecule has 0 aliphatic heterocycles. The van der Waals surface area contributed by atoms with Gasteiger partial charge in [0.25, 0.3) is 10.0 Å². The fourth-order valence-electron chi connectivity index (χ4n) is 1.44. The van der Waals surface area contributed by atoms with Crippen molar-refractivity contribution in [1.82, 2.24) is 0 Å². The van der Waals surface area contributed by atoms with Crippen molar-refractivity contribution in [2.45, 2.75) is 11.5 Å². The maximum absolute atomic E-state index is 13.5. The van der Waals surface area contributed by atoms with Crippen molar-refractivity contribution in [3.63, 3.8) is 0 Å². The summed E-state index contributed by atoms with van der Waals surface area (Å²) in [5.74, 6) is -2.42. The van der Waals surface area contributed by atoms with Crippen LogP contribution in [0.2, 0.25) is 0 Å². The third kappa shape index (κ3) is 3.00. The highest BCUT2D eigenvalue weighted by Crippen LogP contribution is 2.33. The molecule has 1 heterocycles. The largest absolute Gasteiger partial charge is 0.391 e. The number of thiophene rings is 1. The van der Waals surface area contributed by atoms with E-state index in [0.29, 0.717) is 4.88 Å². The van der Waals surface area contributed by atoms with E-state index in [2.05, 4.69) is 15.9 Å². The third-order valence-corrected chi connectivity index (χ3v) is 5.95. The number of sulfonamides is 1. The number of halogens is 3. The van der Waals surface area contributed by atoms with E-state index in [4.69, 9.17) is 5.11 Å². The van der Waals surface area contributed by atoms with Crippen LogP contribution in [-0.4, -0.2) is 13.5 Å². The summed E-state index contributed by atoms with van der Waals surface area (Å²) in [5, 5.41) is 8.98. The lowest BCUT2D eigenvalue weighted by atomic mass is 10.3. The average Bonchev–Trinajstić information content (AvgIpc) is 2.77. The molecular weight excluding hydrogens is 376 g/mol. The Bertz CT molecular complexity index is 746. The van der Waals surface area contributed by atoms with Gasteiger partial charge in [-0.05, 0) is 34.1 Å². The van der Waals surface area contributed by atoms with E-state index in [1.165, 1.54) is 12.1 Å². The molecule has 1 aromatic carbocycles. The highest BCUT2D eigenvalue weighted by molar-refractivity contribution is 9.11. The quantitative estimate of drug-likeness (QED) is 0.852. The molecule has 2 N–H and O–H groups in total. The van der Waals surface area contributed by atoms with Gasteiger partial charge >= 0.3 is 0 Å². The second kappa shape index (κ2) is 5.76. The molecule has 0 fully saturated rings. The SMILES string of the molecule is O=S(=O)(Nc1cccc(F)c1F)c1cc(CO)sc1Br. The minimum absolute atomic E-state index is 0.143. The van der Waals surface area contributed by atoms with Gasteiger partial charge in [0.2, 0.25) is 0 Å². The number of aliphatic hydroxyl groups excluding tert-OH is 1. The molecule has 0 bridgehead atoms. The van der Waals surface area contributed by atoms with Gasteiger partial charge in [0.05, 0.1) is 16.1 Å². The monoisotopic (exact) mass is 383 g/mol. The summed E-state index contributed by atoms with van der Waals surface area (Å²) in [6.45, 7) is -0.312. The molecule has 4 nitrogen and oxygen atoms in total. The third-order valence-electron chi connectivity index (χ3n) is 2.35. The Morgan fingerprint density at radius 1 is 1.35 bits per heavy atom. The topological polar surface area (TPSA) is 66.4 Å². The van der Waals surface area contributed by atoms with Crippen LogP contribution in [0.15, 0.2) is 32.9 Å². The summed E-state index contributed by atoms with van der Waals surface area (Å²) < 4.78 is 53.0. The first-order chi connectivity index (χ1) is 9.35. The van der Waals surface area contributed by atoms with E-state index in [-0.39, 0.29) is 15.3 Å². The Kier molecular flexibility index (Phi) is 4.43. The summed E-state index contributed by atoms with van der Waals surface area (Å²) in [4.78, 5) is 0.284. The van der Waals surface area contributed by atoms with E-state index in [1.54, 1.807) is 0 Å². The van der Waals surface area contributed by atoms with Gasteiger partial charge in [-0.25, -0.2) is 17.2 Å². The molecule has 20 heavy (non-hydrogen) atoms. The molecule has 0 unspecified atom stereocenters. The van der Waals surface area contributed by atoms with Crippen LogP contribution in [0, 0.1) is 11.6 Å². The normalized spacial score (nSPS) is 11.6. The van der Waals surface area contributed by atoms with Gasteiger partial charge in [-0.3, -0.25) is 4.72 Å². The number of rotatable bonds is 4. The lowest BCUT2D eigenvalue weighted by Gasteiger charge is -2.08.